The lowest BCUT2D eigenvalue weighted by Crippen LogP contribution is -2.29. The van der Waals surface area contributed by atoms with Gasteiger partial charge in [0.15, 0.2) is 11.5 Å². The lowest BCUT2D eigenvalue weighted by Gasteiger charge is -2.25. The molecule has 2 heterocycles. The zero-order valence-electron chi connectivity index (χ0n) is 10.5. The van der Waals surface area contributed by atoms with Crippen LogP contribution in [0.3, 0.4) is 0 Å². The molecule has 0 saturated heterocycles. The summed E-state index contributed by atoms with van der Waals surface area (Å²) < 4.78 is 10.6. The molecule has 0 radical (unpaired) electrons. The average molecular weight is 261 g/mol. The highest BCUT2D eigenvalue weighted by atomic mass is 16.7. The molecule has 0 atom stereocenters. The van der Waals surface area contributed by atoms with E-state index in [1.807, 2.05) is 18.2 Å². The molecule has 5 heteroatoms. The van der Waals surface area contributed by atoms with Crippen LogP contribution in [0, 0.1) is 0 Å². The first kappa shape index (κ1) is 12.0. The summed E-state index contributed by atoms with van der Waals surface area (Å²) in [4.78, 5) is 13.0. The summed E-state index contributed by atoms with van der Waals surface area (Å²) in [5, 5.41) is 8.90. The van der Waals surface area contributed by atoms with Gasteiger partial charge in [-0.1, -0.05) is 12.1 Å². The molecule has 1 aromatic carbocycles. The number of ether oxygens (including phenoxy) is 2. The molecule has 5 nitrogen and oxygen atoms in total. The normalized spacial score (nSPS) is 18.2. The standard InChI is InChI=1S/C14H15NO4/c16-14(17)11-3-5-15(6-4-11)8-10-1-2-12-13(7-10)19-9-18-12/h1-3,7H,4-6,8-9H2,(H,16,17). The zero-order chi connectivity index (χ0) is 13.2. The Bertz CT molecular complexity index is 538. The predicted octanol–water partition coefficient (Wildman–Crippen LogP) is 1.63. The molecule has 0 aromatic heterocycles. The van der Waals surface area contributed by atoms with Crippen LogP contribution in [0.15, 0.2) is 29.8 Å². The fourth-order valence-corrected chi connectivity index (χ4v) is 2.35. The van der Waals surface area contributed by atoms with Crippen LogP contribution >= 0.6 is 0 Å². The van der Waals surface area contributed by atoms with E-state index in [1.165, 1.54) is 0 Å². The molecule has 0 fully saturated rings. The summed E-state index contributed by atoms with van der Waals surface area (Å²) in [5.74, 6) is 0.773. The van der Waals surface area contributed by atoms with Crippen LogP contribution in [0.25, 0.3) is 0 Å². The van der Waals surface area contributed by atoms with Crippen molar-refractivity contribution in [3.8, 4) is 11.5 Å². The van der Waals surface area contributed by atoms with E-state index >= 15 is 0 Å². The van der Waals surface area contributed by atoms with Crippen LogP contribution < -0.4 is 9.47 Å². The molecule has 1 N–H and O–H groups in total. The summed E-state index contributed by atoms with van der Waals surface area (Å²) in [6, 6.07) is 5.92. The molecule has 19 heavy (non-hydrogen) atoms. The Morgan fingerprint density at radius 1 is 1.32 bits per heavy atom. The topological polar surface area (TPSA) is 59.0 Å². The number of rotatable bonds is 3. The minimum atomic E-state index is -0.803. The third-order valence-electron chi connectivity index (χ3n) is 3.41. The Hall–Kier alpha value is -2.01. The summed E-state index contributed by atoms with van der Waals surface area (Å²) in [6.07, 6.45) is 2.39. The van der Waals surface area contributed by atoms with Gasteiger partial charge in [0.2, 0.25) is 6.79 Å². The third kappa shape index (κ3) is 2.56. The molecule has 0 amide bonds. The average Bonchev–Trinajstić information content (AvgIpc) is 2.87. The van der Waals surface area contributed by atoms with Crippen LogP contribution in [0.1, 0.15) is 12.0 Å². The molecule has 0 spiro atoms. The van der Waals surface area contributed by atoms with E-state index in [2.05, 4.69) is 4.90 Å². The van der Waals surface area contributed by atoms with Gasteiger partial charge in [-0.15, -0.1) is 0 Å². The molecular formula is C14H15NO4. The highest BCUT2D eigenvalue weighted by Crippen LogP contribution is 2.32. The van der Waals surface area contributed by atoms with Gasteiger partial charge in [-0.05, 0) is 24.1 Å². The third-order valence-corrected chi connectivity index (χ3v) is 3.41. The molecule has 2 aliphatic rings. The van der Waals surface area contributed by atoms with E-state index in [9.17, 15) is 4.79 Å². The maximum Gasteiger partial charge on any atom is 0.331 e. The molecule has 0 aliphatic carbocycles. The van der Waals surface area contributed by atoms with Gasteiger partial charge in [0.25, 0.3) is 0 Å². The number of hydrogen-bond acceptors (Lipinski definition) is 4. The van der Waals surface area contributed by atoms with Crippen molar-refractivity contribution in [3.63, 3.8) is 0 Å². The van der Waals surface area contributed by atoms with Crippen molar-refractivity contribution in [1.82, 2.24) is 4.90 Å². The Labute approximate surface area is 111 Å². The number of carboxylic acid groups (broad SMARTS) is 1. The lowest BCUT2D eigenvalue weighted by molar-refractivity contribution is -0.133. The van der Waals surface area contributed by atoms with Crippen molar-refractivity contribution in [1.29, 1.82) is 0 Å². The number of carbonyl (C=O) groups is 1. The first-order chi connectivity index (χ1) is 9.22. The van der Waals surface area contributed by atoms with Gasteiger partial charge in [-0.2, -0.15) is 0 Å². The van der Waals surface area contributed by atoms with Crippen LogP contribution in [0.4, 0.5) is 0 Å². The monoisotopic (exact) mass is 261 g/mol. The van der Waals surface area contributed by atoms with Gasteiger partial charge in [-0.3, -0.25) is 4.90 Å². The predicted molar refractivity (Wildman–Crippen MR) is 68.2 cm³/mol. The van der Waals surface area contributed by atoms with E-state index in [1.54, 1.807) is 6.08 Å². The van der Waals surface area contributed by atoms with Gasteiger partial charge in [0.05, 0.1) is 0 Å². The first-order valence-corrected chi connectivity index (χ1v) is 6.25. The van der Waals surface area contributed by atoms with E-state index < -0.39 is 5.97 Å². The van der Waals surface area contributed by atoms with Crippen molar-refractivity contribution in [3.05, 3.63) is 35.4 Å². The number of fused-ring (bicyclic) bond motifs is 1. The number of nitrogens with zero attached hydrogens (tertiary/aromatic N) is 1. The van der Waals surface area contributed by atoms with E-state index in [0.717, 1.165) is 30.2 Å². The Kier molecular flexibility index (Phi) is 3.13. The van der Waals surface area contributed by atoms with E-state index in [-0.39, 0.29) is 6.79 Å². The van der Waals surface area contributed by atoms with Crippen molar-refractivity contribution in [2.45, 2.75) is 13.0 Å². The fraction of sp³-hybridized carbons (Fsp3) is 0.357. The Balaban J connectivity index is 1.65. The second-order valence-electron chi connectivity index (χ2n) is 4.71. The van der Waals surface area contributed by atoms with Gasteiger partial charge < -0.3 is 14.6 Å². The number of carboxylic acids is 1. The Morgan fingerprint density at radius 2 is 2.16 bits per heavy atom. The van der Waals surface area contributed by atoms with Gasteiger partial charge in [0.1, 0.15) is 0 Å². The van der Waals surface area contributed by atoms with Crippen molar-refractivity contribution in [2.24, 2.45) is 0 Å². The summed E-state index contributed by atoms with van der Waals surface area (Å²) in [7, 11) is 0. The second-order valence-corrected chi connectivity index (χ2v) is 4.71. The molecule has 0 saturated carbocycles. The second kappa shape index (κ2) is 4.93. The molecule has 0 bridgehead atoms. The molecular weight excluding hydrogens is 246 g/mol. The van der Waals surface area contributed by atoms with Crippen LogP contribution in [-0.4, -0.2) is 35.9 Å². The quantitative estimate of drug-likeness (QED) is 0.896. The van der Waals surface area contributed by atoms with Crippen LogP contribution in [0.5, 0.6) is 11.5 Å². The minimum Gasteiger partial charge on any atom is -0.478 e. The zero-order valence-corrected chi connectivity index (χ0v) is 10.5. The Morgan fingerprint density at radius 3 is 2.89 bits per heavy atom. The van der Waals surface area contributed by atoms with Crippen molar-refractivity contribution >= 4 is 5.97 Å². The molecule has 1 aromatic rings. The van der Waals surface area contributed by atoms with Gasteiger partial charge >= 0.3 is 5.97 Å². The van der Waals surface area contributed by atoms with Crippen molar-refractivity contribution < 1.29 is 19.4 Å². The fourth-order valence-electron chi connectivity index (χ4n) is 2.35. The van der Waals surface area contributed by atoms with E-state index in [0.29, 0.717) is 18.5 Å². The van der Waals surface area contributed by atoms with Crippen LogP contribution in [0.2, 0.25) is 0 Å². The lowest BCUT2D eigenvalue weighted by atomic mass is 10.1. The smallest absolute Gasteiger partial charge is 0.331 e. The summed E-state index contributed by atoms with van der Waals surface area (Å²) >= 11 is 0. The van der Waals surface area contributed by atoms with Gasteiger partial charge in [0, 0.05) is 25.2 Å². The number of hydrogen-bond donors (Lipinski definition) is 1. The van der Waals surface area contributed by atoms with Gasteiger partial charge in [-0.25, -0.2) is 4.79 Å². The number of benzene rings is 1. The maximum atomic E-state index is 10.8. The van der Waals surface area contributed by atoms with Crippen LogP contribution in [-0.2, 0) is 11.3 Å². The van der Waals surface area contributed by atoms with Crippen molar-refractivity contribution in [2.75, 3.05) is 19.9 Å². The molecule has 2 aliphatic heterocycles. The number of aliphatic carboxylic acids is 1. The molecule has 0 unspecified atom stereocenters. The SMILES string of the molecule is O=C(O)C1=CCN(Cc2ccc3c(c2)OCO3)CC1. The van der Waals surface area contributed by atoms with E-state index in [4.69, 9.17) is 14.6 Å². The molecule has 100 valence electrons. The summed E-state index contributed by atoms with van der Waals surface area (Å²) in [5.41, 5.74) is 1.67. The summed E-state index contributed by atoms with van der Waals surface area (Å²) in [6.45, 7) is 2.52. The highest BCUT2D eigenvalue weighted by Gasteiger charge is 2.18. The largest absolute Gasteiger partial charge is 0.478 e. The first-order valence-electron chi connectivity index (χ1n) is 6.25. The molecule has 3 rings (SSSR count). The minimum absolute atomic E-state index is 0.285. The maximum absolute atomic E-state index is 10.8. The highest BCUT2D eigenvalue weighted by molar-refractivity contribution is 5.86.